The lowest BCUT2D eigenvalue weighted by molar-refractivity contribution is -0.117. The van der Waals surface area contributed by atoms with Gasteiger partial charge < -0.3 is 11.1 Å². The highest BCUT2D eigenvalue weighted by atomic mass is 32.1. The summed E-state index contributed by atoms with van der Waals surface area (Å²) in [5.41, 5.74) is 8.82. The minimum Gasteiger partial charge on any atom is -0.316 e. The van der Waals surface area contributed by atoms with Gasteiger partial charge >= 0.3 is 0 Å². The fourth-order valence-electron chi connectivity index (χ4n) is 1.63. The normalized spacial score (nSPS) is 12.2. The predicted molar refractivity (Wildman–Crippen MR) is 78.3 cm³/mol. The Bertz CT molecular complexity index is 570. The highest BCUT2D eigenvalue weighted by Gasteiger charge is 2.17. The van der Waals surface area contributed by atoms with Crippen molar-refractivity contribution in [2.24, 2.45) is 5.73 Å². The number of benzene rings is 1. The topological polar surface area (TPSA) is 68.0 Å². The molecule has 0 bridgehead atoms. The minimum absolute atomic E-state index is 0.238. The maximum atomic E-state index is 12.0. The van der Waals surface area contributed by atoms with Crippen LogP contribution >= 0.6 is 11.3 Å². The van der Waals surface area contributed by atoms with Crippen molar-refractivity contribution in [2.45, 2.75) is 26.8 Å². The van der Waals surface area contributed by atoms with E-state index < -0.39 is 6.04 Å². The highest BCUT2D eigenvalue weighted by Crippen LogP contribution is 2.22. The highest BCUT2D eigenvalue weighted by molar-refractivity contribution is 7.15. The number of anilines is 1. The molecule has 5 heteroatoms. The van der Waals surface area contributed by atoms with Gasteiger partial charge in [0.25, 0.3) is 0 Å². The van der Waals surface area contributed by atoms with E-state index in [-0.39, 0.29) is 5.91 Å². The van der Waals surface area contributed by atoms with Crippen LogP contribution in [0.2, 0.25) is 0 Å². The third-order valence-electron chi connectivity index (χ3n) is 2.98. The Kier molecular flexibility index (Phi) is 3.97. The summed E-state index contributed by atoms with van der Waals surface area (Å²) in [6, 6.07) is 6.96. The van der Waals surface area contributed by atoms with E-state index in [2.05, 4.69) is 10.3 Å². The molecule has 1 heterocycles. The molecule has 100 valence electrons. The number of aryl methyl sites for hydroxylation is 3. The molecule has 0 aliphatic rings. The molecule has 0 aliphatic carbocycles. The molecule has 1 aromatic heterocycles. The van der Waals surface area contributed by atoms with Crippen molar-refractivity contribution in [3.8, 4) is 0 Å². The van der Waals surface area contributed by atoms with Crippen LogP contribution in [-0.2, 0) is 4.79 Å². The molecule has 0 saturated heterocycles. The van der Waals surface area contributed by atoms with Crippen LogP contribution in [0.25, 0.3) is 0 Å². The predicted octanol–water partition coefficient (Wildman–Crippen LogP) is 2.71. The van der Waals surface area contributed by atoms with E-state index in [1.54, 1.807) is 0 Å². The van der Waals surface area contributed by atoms with Gasteiger partial charge in [-0.1, -0.05) is 29.8 Å². The van der Waals surface area contributed by atoms with Crippen LogP contribution < -0.4 is 11.1 Å². The van der Waals surface area contributed by atoms with Gasteiger partial charge in [-0.05, 0) is 26.3 Å². The first kappa shape index (κ1) is 13.7. The number of carbonyl (C=O) groups excluding carboxylic acids is 1. The number of nitrogens with one attached hydrogen (secondary N) is 1. The molecular formula is C14H17N3OS. The largest absolute Gasteiger partial charge is 0.316 e. The lowest BCUT2D eigenvalue weighted by Crippen LogP contribution is -2.27. The Morgan fingerprint density at radius 1 is 1.26 bits per heavy atom. The minimum atomic E-state index is -0.676. The summed E-state index contributed by atoms with van der Waals surface area (Å²) in [6.07, 6.45) is 0. The van der Waals surface area contributed by atoms with E-state index in [4.69, 9.17) is 5.73 Å². The van der Waals surface area contributed by atoms with Crippen molar-refractivity contribution >= 4 is 22.4 Å². The fourth-order valence-corrected chi connectivity index (χ4v) is 2.45. The van der Waals surface area contributed by atoms with Crippen LogP contribution in [0.15, 0.2) is 24.3 Å². The van der Waals surface area contributed by atoms with Gasteiger partial charge in [-0.2, -0.15) is 0 Å². The van der Waals surface area contributed by atoms with Crippen LogP contribution in [0, 0.1) is 20.8 Å². The number of hydrogen-bond acceptors (Lipinski definition) is 4. The van der Waals surface area contributed by atoms with E-state index in [0.717, 1.165) is 21.7 Å². The number of nitrogens with two attached hydrogens (primary N) is 1. The molecule has 1 aromatic carbocycles. The van der Waals surface area contributed by atoms with Crippen LogP contribution in [0.4, 0.5) is 5.13 Å². The molecule has 1 amide bonds. The van der Waals surface area contributed by atoms with Crippen molar-refractivity contribution < 1.29 is 4.79 Å². The second-order valence-corrected chi connectivity index (χ2v) is 5.74. The van der Waals surface area contributed by atoms with E-state index in [1.165, 1.54) is 11.3 Å². The summed E-state index contributed by atoms with van der Waals surface area (Å²) in [7, 11) is 0. The molecule has 0 fully saturated rings. The number of amides is 1. The van der Waals surface area contributed by atoms with Gasteiger partial charge in [0.15, 0.2) is 5.13 Å². The van der Waals surface area contributed by atoms with E-state index in [1.807, 2.05) is 45.0 Å². The Morgan fingerprint density at radius 2 is 1.89 bits per heavy atom. The van der Waals surface area contributed by atoms with Gasteiger partial charge in [-0.15, -0.1) is 11.3 Å². The molecule has 3 N–H and O–H groups in total. The van der Waals surface area contributed by atoms with E-state index >= 15 is 0 Å². The number of hydrogen-bond donors (Lipinski definition) is 2. The molecule has 0 saturated carbocycles. The summed E-state index contributed by atoms with van der Waals surface area (Å²) in [4.78, 5) is 17.4. The molecular weight excluding hydrogens is 258 g/mol. The summed E-state index contributed by atoms with van der Waals surface area (Å²) in [5, 5.41) is 3.36. The first-order chi connectivity index (χ1) is 8.97. The number of rotatable bonds is 3. The Morgan fingerprint density at radius 3 is 2.42 bits per heavy atom. The average Bonchev–Trinajstić information content (AvgIpc) is 2.68. The quantitative estimate of drug-likeness (QED) is 0.905. The zero-order chi connectivity index (χ0) is 14.0. The molecule has 19 heavy (non-hydrogen) atoms. The molecule has 4 nitrogen and oxygen atoms in total. The van der Waals surface area contributed by atoms with Gasteiger partial charge in [-0.3, -0.25) is 4.79 Å². The van der Waals surface area contributed by atoms with Gasteiger partial charge in [0.2, 0.25) is 5.91 Å². The molecule has 0 radical (unpaired) electrons. The number of carbonyl (C=O) groups is 1. The Hall–Kier alpha value is -1.72. The third-order valence-corrected chi connectivity index (χ3v) is 3.97. The Labute approximate surface area is 116 Å². The van der Waals surface area contributed by atoms with Crippen molar-refractivity contribution in [3.63, 3.8) is 0 Å². The van der Waals surface area contributed by atoms with Crippen LogP contribution in [0.5, 0.6) is 0 Å². The fraction of sp³-hybridized carbons (Fsp3) is 0.286. The molecule has 1 unspecified atom stereocenters. The number of thiazole rings is 1. The SMILES string of the molecule is Cc1ccc(C(N)C(=O)Nc2nc(C)c(C)s2)cc1. The third kappa shape index (κ3) is 3.19. The number of aromatic nitrogens is 1. The molecule has 0 aliphatic heterocycles. The summed E-state index contributed by atoms with van der Waals surface area (Å²) in [5.74, 6) is -0.238. The van der Waals surface area contributed by atoms with Crippen LogP contribution in [-0.4, -0.2) is 10.9 Å². The van der Waals surface area contributed by atoms with Crippen LogP contribution in [0.3, 0.4) is 0 Å². The molecule has 1 atom stereocenters. The van der Waals surface area contributed by atoms with Gasteiger partial charge in [0.05, 0.1) is 5.69 Å². The number of nitrogens with zero attached hydrogens (tertiary/aromatic N) is 1. The average molecular weight is 275 g/mol. The van der Waals surface area contributed by atoms with E-state index in [9.17, 15) is 4.79 Å². The smallest absolute Gasteiger partial charge is 0.247 e. The first-order valence-electron chi connectivity index (χ1n) is 6.04. The van der Waals surface area contributed by atoms with Gasteiger partial charge in [-0.25, -0.2) is 4.98 Å². The monoisotopic (exact) mass is 275 g/mol. The first-order valence-corrected chi connectivity index (χ1v) is 6.86. The standard InChI is InChI=1S/C14H17N3OS/c1-8-4-6-11(7-5-8)12(15)13(18)17-14-16-9(2)10(3)19-14/h4-7,12H,15H2,1-3H3,(H,16,17,18). The summed E-state index contributed by atoms with van der Waals surface area (Å²) >= 11 is 1.46. The van der Waals surface area contributed by atoms with Crippen molar-refractivity contribution in [1.29, 1.82) is 0 Å². The molecule has 0 spiro atoms. The Balaban J connectivity index is 2.09. The van der Waals surface area contributed by atoms with Crippen molar-refractivity contribution in [2.75, 3.05) is 5.32 Å². The lowest BCUT2D eigenvalue weighted by atomic mass is 10.1. The zero-order valence-corrected chi connectivity index (χ0v) is 12.0. The zero-order valence-electron chi connectivity index (χ0n) is 11.2. The second kappa shape index (κ2) is 5.50. The maximum Gasteiger partial charge on any atom is 0.247 e. The van der Waals surface area contributed by atoms with E-state index in [0.29, 0.717) is 5.13 Å². The van der Waals surface area contributed by atoms with Crippen LogP contribution in [0.1, 0.15) is 27.7 Å². The second-order valence-electron chi connectivity index (χ2n) is 4.54. The van der Waals surface area contributed by atoms with Gasteiger partial charge in [0.1, 0.15) is 6.04 Å². The molecule has 2 aromatic rings. The van der Waals surface area contributed by atoms with Crippen molar-refractivity contribution in [1.82, 2.24) is 4.98 Å². The summed E-state index contributed by atoms with van der Waals surface area (Å²) in [6.45, 7) is 5.89. The maximum absolute atomic E-state index is 12.0. The van der Waals surface area contributed by atoms with Gasteiger partial charge in [0, 0.05) is 4.88 Å². The lowest BCUT2D eigenvalue weighted by Gasteiger charge is -2.11. The van der Waals surface area contributed by atoms with Crippen molar-refractivity contribution in [3.05, 3.63) is 46.0 Å². The molecule has 2 rings (SSSR count). The summed E-state index contributed by atoms with van der Waals surface area (Å²) < 4.78 is 0.